The highest BCUT2D eigenvalue weighted by Crippen LogP contribution is 2.18. The first-order valence-electron chi connectivity index (χ1n) is 5.75. The number of ether oxygens (including phenoxy) is 1. The van der Waals surface area contributed by atoms with Gasteiger partial charge in [-0.3, -0.25) is 14.9 Å². The number of hydrogen-bond donors (Lipinski definition) is 1. The molecule has 1 aromatic carbocycles. The molecule has 1 aliphatic rings. The standard InChI is InChI=1S/C8H6ClNO3.C4H9NO/c1-5-2-3-6(10(12)13)4-7(5)8(9)11;1-3-6-4-2-5-1/h2-4H,1H3;5H,1-4H2. The van der Waals surface area contributed by atoms with Crippen molar-refractivity contribution >= 4 is 22.5 Å². The van der Waals surface area contributed by atoms with E-state index >= 15 is 0 Å². The van der Waals surface area contributed by atoms with Crippen LogP contribution >= 0.6 is 11.6 Å². The molecular formula is C12H15ClN2O4. The van der Waals surface area contributed by atoms with Crippen molar-refractivity contribution in [3.05, 3.63) is 39.4 Å². The van der Waals surface area contributed by atoms with E-state index in [0.29, 0.717) is 5.56 Å². The first-order chi connectivity index (χ1) is 9.02. The van der Waals surface area contributed by atoms with Gasteiger partial charge in [-0.05, 0) is 24.1 Å². The van der Waals surface area contributed by atoms with Gasteiger partial charge in [0.1, 0.15) is 0 Å². The first-order valence-corrected chi connectivity index (χ1v) is 6.13. The molecule has 6 nitrogen and oxygen atoms in total. The molecule has 0 atom stereocenters. The molecule has 2 rings (SSSR count). The van der Waals surface area contributed by atoms with Crippen LogP contribution in [0.3, 0.4) is 0 Å². The number of halogens is 1. The van der Waals surface area contributed by atoms with E-state index in [1.54, 1.807) is 6.92 Å². The lowest BCUT2D eigenvalue weighted by Gasteiger charge is -2.10. The molecule has 1 N–H and O–H groups in total. The Labute approximate surface area is 115 Å². The average Bonchev–Trinajstić information content (AvgIpc) is 2.41. The summed E-state index contributed by atoms with van der Waals surface area (Å²) in [6.07, 6.45) is 0. The molecule has 7 heteroatoms. The molecule has 1 aliphatic heterocycles. The van der Waals surface area contributed by atoms with Crippen molar-refractivity contribution in [2.75, 3.05) is 26.3 Å². The molecule has 1 saturated heterocycles. The van der Waals surface area contributed by atoms with Crippen LogP contribution in [0.1, 0.15) is 15.9 Å². The minimum absolute atomic E-state index is 0.130. The SMILES string of the molecule is C1COCCN1.Cc1ccc([N+](=O)[O-])cc1C(=O)Cl. The fraction of sp³-hybridized carbons (Fsp3) is 0.417. The second kappa shape index (κ2) is 7.83. The van der Waals surface area contributed by atoms with Crippen LogP contribution in [-0.4, -0.2) is 36.5 Å². The summed E-state index contributed by atoms with van der Waals surface area (Å²) >= 11 is 5.22. The van der Waals surface area contributed by atoms with Crippen LogP contribution in [0.5, 0.6) is 0 Å². The number of morpholine rings is 1. The maximum absolute atomic E-state index is 10.8. The Morgan fingerprint density at radius 3 is 2.42 bits per heavy atom. The van der Waals surface area contributed by atoms with Gasteiger partial charge < -0.3 is 10.1 Å². The third-order valence-corrected chi connectivity index (χ3v) is 2.69. The molecule has 19 heavy (non-hydrogen) atoms. The highest BCUT2D eigenvalue weighted by Gasteiger charge is 2.12. The minimum atomic E-state index is -0.679. The summed E-state index contributed by atoms with van der Waals surface area (Å²) in [6.45, 7) is 5.50. The molecule has 0 bridgehead atoms. The molecular weight excluding hydrogens is 272 g/mol. The van der Waals surface area contributed by atoms with E-state index in [2.05, 4.69) is 5.32 Å². The predicted octanol–water partition coefficient (Wildman–Crippen LogP) is 1.89. The molecule has 0 aliphatic carbocycles. The lowest BCUT2D eigenvalue weighted by atomic mass is 10.1. The van der Waals surface area contributed by atoms with Crippen LogP contribution in [0.2, 0.25) is 0 Å². The van der Waals surface area contributed by atoms with Crippen LogP contribution in [0.15, 0.2) is 18.2 Å². The van der Waals surface area contributed by atoms with E-state index in [0.717, 1.165) is 26.3 Å². The zero-order valence-corrected chi connectivity index (χ0v) is 11.3. The smallest absolute Gasteiger partial charge is 0.270 e. The Morgan fingerprint density at radius 2 is 2.05 bits per heavy atom. The number of hydrogen-bond acceptors (Lipinski definition) is 5. The molecule has 1 aromatic rings. The van der Waals surface area contributed by atoms with Gasteiger partial charge in [-0.25, -0.2) is 0 Å². The van der Waals surface area contributed by atoms with E-state index in [9.17, 15) is 14.9 Å². The van der Waals surface area contributed by atoms with Crippen molar-refractivity contribution in [1.82, 2.24) is 5.32 Å². The Kier molecular flexibility index (Phi) is 6.41. The Hall–Kier alpha value is -1.50. The van der Waals surface area contributed by atoms with Gasteiger partial charge in [0, 0.05) is 30.8 Å². The molecule has 1 fully saturated rings. The van der Waals surface area contributed by atoms with Gasteiger partial charge in [0.05, 0.1) is 18.1 Å². The summed E-state index contributed by atoms with van der Waals surface area (Å²) in [6, 6.07) is 4.00. The van der Waals surface area contributed by atoms with Crippen LogP contribution in [0.25, 0.3) is 0 Å². The normalized spacial score (nSPS) is 14.2. The van der Waals surface area contributed by atoms with E-state index in [-0.39, 0.29) is 11.3 Å². The largest absolute Gasteiger partial charge is 0.379 e. The zero-order chi connectivity index (χ0) is 14.3. The number of non-ortho nitro benzene ring substituents is 1. The fourth-order valence-electron chi connectivity index (χ4n) is 1.45. The maximum Gasteiger partial charge on any atom is 0.270 e. The lowest BCUT2D eigenvalue weighted by molar-refractivity contribution is -0.384. The second-order valence-electron chi connectivity index (χ2n) is 3.89. The Morgan fingerprint density at radius 1 is 1.42 bits per heavy atom. The number of nitrogens with one attached hydrogen (secondary N) is 1. The number of nitrogens with zero attached hydrogens (tertiary/aromatic N) is 1. The fourth-order valence-corrected chi connectivity index (χ4v) is 1.65. The van der Waals surface area contributed by atoms with Crippen LogP contribution < -0.4 is 5.32 Å². The number of rotatable bonds is 2. The Bertz CT molecular complexity index is 450. The van der Waals surface area contributed by atoms with Crippen molar-refractivity contribution < 1.29 is 14.5 Å². The number of nitro benzene ring substituents is 1. The first kappa shape index (κ1) is 15.6. The van der Waals surface area contributed by atoms with E-state index in [4.69, 9.17) is 16.3 Å². The maximum atomic E-state index is 10.8. The minimum Gasteiger partial charge on any atom is -0.379 e. The van der Waals surface area contributed by atoms with Crippen LogP contribution in [0.4, 0.5) is 5.69 Å². The molecule has 0 saturated carbocycles. The Balaban J connectivity index is 0.000000250. The van der Waals surface area contributed by atoms with Gasteiger partial charge in [-0.2, -0.15) is 0 Å². The predicted molar refractivity (Wildman–Crippen MR) is 71.7 cm³/mol. The molecule has 0 amide bonds. The van der Waals surface area contributed by atoms with E-state index in [1.165, 1.54) is 18.2 Å². The summed E-state index contributed by atoms with van der Waals surface area (Å²) < 4.78 is 5.01. The molecule has 1 heterocycles. The number of aryl methyl sites for hydroxylation is 1. The van der Waals surface area contributed by atoms with Gasteiger partial charge in [-0.1, -0.05) is 6.07 Å². The molecule has 0 aromatic heterocycles. The number of carbonyl (C=O) groups excluding carboxylic acids is 1. The number of carbonyl (C=O) groups is 1. The summed E-state index contributed by atoms with van der Waals surface area (Å²) in [7, 11) is 0. The molecule has 0 radical (unpaired) electrons. The van der Waals surface area contributed by atoms with Crippen molar-refractivity contribution in [3.63, 3.8) is 0 Å². The third kappa shape index (κ3) is 5.34. The quantitative estimate of drug-likeness (QED) is 0.510. The highest BCUT2D eigenvalue weighted by molar-refractivity contribution is 6.67. The van der Waals surface area contributed by atoms with Crippen molar-refractivity contribution in [3.8, 4) is 0 Å². The van der Waals surface area contributed by atoms with Crippen molar-refractivity contribution in [2.45, 2.75) is 6.92 Å². The highest BCUT2D eigenvalue weighted by atomic mass is 35.5. The van der Waals surface area contributed by atoms with Gasteiger partial charge in [-0.15, -0.1) is 0 Å². The van der Waals surface area contributed by atoms with Gasteiger partial charge >= 0.3 is 0 Å². The second-order valence-corrected chi connectivity index (χ2v) is 4.24. The van der Waals surface area contributed by atoms with Gasteiger partial charge in [0.15, 0.2) is 0 Å². The number of nitro groups is 1. The zero-order valence-electron chi connectivity index (χ0n) is 10.5. The average molecular weight is 287 g/mol. The van der Waals surface area contributed by atoms with Crippen molar-refractivity contribution in [2.24, 2.45) is 0 Å². The summed E-state index contributed by atoms with van der Waals surface area (Å²) in [4.78, 5) is 20.6. The summed E-state index contributed by atoms with van der Waals surface area (Å²) in [5.74, 6) is 0. The monoisotopic (exact) mass is 286 g/mol. The summed E-state index contributed by atoms with van der Waals surface area (Å²) in [5.41, 5.74) is 0.677. The van der Waals surface area contributed by atoms with Crippen LogP contribution in [-0.2, 0) is 4.74 Å². The van der Waals surface area contributed by atoms with E-state index in [1.807, 2.05) is 0 Å². The number of benzene rings is 1. The van der Waals surface area contributed by atoms with Crippen LogP contribution in [0, 0.1) is 17.0 Å². The molecule has 0 spiro atoms. The van der Waals surface area contributed by atoms with E-state index < -0.39 is 10.2 Å². The van der Waals surface area contributed by atoms with Gasteiger partial charge in [0.2, 0.25) is 0 Å². The van der Waals surface area contributed by atoms with Crippen molar-refractivity contribution in [1.29, 1.82) is 0 Å². The third-order valence-electron chi connectivity index (χ3n) is 2.49. The molecule has 0 unspecified atom stereocenters. The topological polar surface area (TPSA) is 81.5 Å². The summed E-state index contributed by atoms with van der Waals surface area (Å²) in [5, 5.41) is 12.8. The van der Waals surface area contributed by atoms with Gasteiger partial charge in [0.25, 0.3) is 10.9 Å². The molecule has 104 valence electrons. The lowest BCUT2D eigenvalue weighted by Crippen LogP contribution is -2.30.